The monoisotopic (exact) mass is 447 g/mol. The Bertz CT molecular complexity index is 1200. The maximum Gasteiger partial charge on any atom is 0.573 e. The maximum absolute atomic E-state index is 12.4. The van der Waals surface area contributed by atoms with Crippen LogP contribution in [0.2, 0.25) is 0 Å². The summed E-state index contributed by atoms with van der Waals surface area (Å²) in [4.78, 5) is 17.8. The minimum absolute atomic E-state index is 0.0826. The van der Waals surface area contributed by atoms with Crippen LogP contribution >= 0.6 is 11.3 Å². The molecule has 2 aromatic carbocycles. The van der Waals surface area contributed by atoms with Crippen LogP contribution in [0.15, 0.2) is 60.1 Å². The number of carbonyl (C=O) groups excluding carboxylic acids is 1. The van der Waals surface area contributed by atoms with Gasteiger partial charge in [0.25, 0.3) is 0 Å². The lowest BCUT2D eigenvalue weighted by molar-refractivity contribution is -0.274. The molecule has 0 fully saturated rings. The highest BCUT2D eigenvalue weighted by atomic mass is 32.1. The molecule has 4 aromatic rings. The van der Waals surface area contributed by atoms with Gasteiger partial charge in [0.2, 0.25) is 5.91 Å². The topological polar surface area (TPSA) is 64.9 Å². The molecule has 2 heterocycles. The van der Waals surface area contributed by atoms with Crippen molar-refractivity contribution in [2.24, 2.45) is 0 Å². The molecule has 4 rings (SSSR count). The fourth-order valence-electron chi connectivity index (χ4n) is 2.97. The second-order valence-corrected chi connectivity index (χ2v) is 7.37. The minimum Gasteiger partial charge on any atom is -0.497 e. The molecule has 0 saturated carbocycles. The molecular weight excluding hydrogens is 431 g/mol. The Labute approximate surface area is 178 Å². The lowest BCUT2D eigenvalue weighted by Gasteiger charge is -2.10. The van der Waals surface area contributed by atoms with Crippen LogP contribution in [0.25, 0.3) is 16.2 Å². The minimum atomic E-state index is -4.76. The van der Waals surface area contributed by atoms with Crippen LogP contribution in [0.1, 0.15) is 5.69 Å². The van der Waals surface area contributed by atoms with Crippen molar-refractivity contribution >= 4 is 27.9 Å². The summed E-state index contributed by atoms with van der Waals surface area (Å²) in [5.41, 5.74) is 2.82. The number of ether oxygens (including phenoxy) is 2. The van der Waals surface area contributed by atoms with E-state index >= 15 is 0 Å². The van der Waals surface area contributed by atoms with Gasteiger partial charge in [-0.05, 0) is 48.5 Å². The Morgan fingerprint density at radius 3 is 2.42 bits per heavy atom. The van der Waals surface area contributed by atoms with Crippen LogP contribution in [-0.2, 0) is 11.2 Å². The molecule has 0 spiro atoms. The van der Waals surface area contributed by atoms with E-state index in [2.05, 4.69) is 15.0 Å². The van der Waals surface area contributed by atoms with Crippen molar-refractivity contribution in [2.75, 3.05) is 12.4 Å². The number of carbonyl (C=O) groups is 1. The first-order valence-electron chi connectivity index (χ1n) is 9.06. The molecule has 1 amide bonds. The largest absolute Gasteiger partial charge is 0.573 e. The van der Waals surface area contributed by atoms with Gasteiger partial charge in [-0.25, -0.2) is 4.98 Å². The molecule has 10 heteroatoms. The quantitative estimate of drug-likeness (QED) is 0.444. The number of thiazole rings is 1. The number of hydrogen-bond acceptors (Lipinski definition) is 5. The molecule has 0 aliphatic heterocycles. The van der Waals surface area contributed by atoms with E-state index in [0.717, 1.165) is 39.8 Å². The van der Waals surface area contributed by atoms with Gasteiger partial charge in [-0.3, -0.25) is 9.20 Å². The van der Waals surface area contributed by atoms with Crippen LogP contribution in [0.3, 0.4) is 0 Å². The van der Waals surface area contributed by atoms with Gasteiger partial charge in [0.1, 0.15) is 11.5 Å². The van der Waals surface area contributed by atoms with E-state index in [1.807, 2.05) is 40.2 Å². The van der Waals surface area contributed by atoms with Crippen LogP contribution in [-0.4, -0.2) is 28.8 Å². The summed E-state index contributed by atoms with van der Waals surface area (Å²) in [5.74, 6) is 0.0959. The van der Waals surface area contributed by atoms with Gasteiger partial charge in [0.15, 0.2) is 4.96 Å². The second kappa shape index (κ2) is 8.31. The van der Waals surface area contributed by atoms with Crippen LogP contribution in [0.5, 0.6) is 11.5 Å². The fourth-order valence-corrected chi connectivity index (χ4v) is 3.84. The number of nitrogens with zero attached hydrogens (tertiary/aromatic N) is 2. The number of rotatable bonds is 6. The number of fused-ring (bicyclic) bond motifs is 1. The number of amides is 1. The Hall–Kier alpha value is -3.53. The molecule has 0 aliphatic rings. The molecule has 2 aromatic heterocycles. The first-order valence-corrected chi connectivity index (χ1v) is 9.94. The third-order valence-corrected chi connectivity index (χ3v) is 5.27. The predicted molar refractivity (Wildman–Crippen MR) is 111 cm³/mol. The van der Waals surface area contributed by atoms with Crippen molar-refractivity contribution < 1.29 is 27.4 Å². The molecule has 0 radical (unpaired) electrons. The van der Waals surface area contributed by atoms with Gasteiger partial charge in [-0.15, -0.1) is 24.5 Å². The zero-order valence-electron chi connectivity index (χ0n) is 16.1. The molecule has 0 bridgehead atoms. The third-order valence-electron chi connectivity index (χ3n) is 4.38. The number of alkyl halides is 3. The van der Waals surface area contributed by atoms with Crippen LogP contribution in [0.4, 0.5) is 18.9 Å². The number of benzene rings is 2. The summed E-state index contributed by atoms with van der Waals surface area (Å²) in [6.45, 7) is 0. The van der Waals surface area contributed by atoms with E-state index in [1.54, 1.807) is 7.11 Å². The molecule has 0 atom stereocenters. The summed E-state index contributed by atoms with van der Waals surface area (Å²) >= 11 is 1.42. The van der Waals surface area contributed by atoms with E-state index in [4.69, 9.17) is 4.74 Å². The first kappa shape index (κ1) is 20.7. The van der Waals surface area contributed by atoms with Gasteiger partial charge in [0, 0.05) is 28.5 Å². The van der Waals surface area contributed by atoms with Gasteiger partial charge in [-0.1, -0.05) is 0 Å². The van der Waals surface area contributed by atoms with Crippen molar-refractivity contribution in [3.63, 3.8) is 0 Å². The number of anilines is 1. The van der Waals surface area contributed by atoms with Crippen LogP contribution in [0, 0.1) is 0 Å². The maximum atomic E-state index is 12.4. The van der Waals surface area contributed by atoms with E-state index < -0.39 is 6.36 Å². The van der Waals surface area contributed by atoms with Crippen molar-refractivity contribution in [1.29, 1.82) is 0 Å². The second-order valence-electron chi connectivity index (χ2n) is 6.53. The standard InChI is InChI=1S/C21H16F3N3O3S/c1-29-16-6-2-13(3-7-16)18-11-27-15(12-31-20(27)26-18)10-19(28)25-14-4-8-17(9-5-14)30-21(22,23)24/h2-9,11-12H,10H2,1H3,(H,25,28). The summed E-state index contributed by atoms with van der Waals surface area (Å²) < 4.78 is 47.5. The molecule has 0 unspecified atom stereocenters. The number of methoxy groups -OCH3 is 1. The van der Waals surface area contributed by atoms with Gasteiger partial charge < -0.3 is 14.8 Å². The number of halogens is 3. The summed E-state index contributed by atoms with van der Waals surface area (Å²) in [6.07, 6.45) is -2.82. The Morgan fingerprint density at radius 1 is 1.10 bits per heavy atom. The molecule has 1 N–H and O–H groups in total. The molecule has 160 valence electrons. The number of hydrogen-bond donors (Lipinski definition) is 1. The van der Waals surface area contributed by atoms with Gasteiger partial charge in [0.05, 0.1) is 19.2 Å². The number of aromatic nitrogens is 2. The first-order chi connectivity index (χ1) is 14.8. The summed E-state index contributed by atoms with van der Waals surface area (Å²) in [7, 11) is 1.60. The number of nitrogens with one attached hydrogen (secondary N) is 1. The average molecular weight is 447 g/mol. The normalized spacial score (nSPS) is 11.5. The van der Waals surface area contributed by atoms with Crippen molar-refractivity contribution in [2.45, 2.75) is 12.8 Å². The SMILES string of the molecule is COc1ccc(-c2cn3c(CC(=O)Nc4ccc(OC(F)(F)F)cc4)csc3n2)cc1. The molecule has 0 aliphatic carbocycles. The Balaban J connectivity index is 1.44. The van der Waals surface area contributed by atoms with E-state index in [9.17, 15) is 18.0 Å². The highest BCUT2D eigenvalue weighted by Crippen LogP contribution is 2.26. The predicted octanol–water partition coefficient (Wildman–Crippen LogP) is 5.15. The van der Waals surface area contributed by atoms with Crippen LogP contribution < -0.4 is 14.8 Å². The molecule has 31 heavy (non-hydrogen) atoms. The summed E-state index contributed by atoms with van der Waals surface area (Å²) in [6, 6.07) is 12.5. The van der Waals surface area contributed by atoms with E-state index in [-0.39, 0.29) is 18.1 Å². The highest BCUT2D eigenvalue weighted by molar-refractivity contribution is 7.15. The molecule has 6 nitrogen and oxygen atoms in total. The molecular formula is C21H16F3N3O3S. The van der Waals surface area contributed by atoms with Gasteiger partial charge in [-0.2, -0.15) is 0 Å². The van der Waals surface area contributed by atoms with Crippen molar-refractivity contribution in [3.05, 3.63) is 65.8 Å². The lowest BCUT2D eigenvalue weighted by atomic mass is 10.2. The highest BCUT2D eigenvalue weighted by Gasteiger charge is 2.31. The average Bonchev–Trinajstić information content (AvgIpc) is 3.30. The van der Waals surface area contributed by atoms with Gasteiger partial charge >= 0.3 is 6.36 Å². The smallest absolute Gasteiger partial charge is 0.497 e. The lowest BCUT2D eigenvalue weighted by Crippen LogP contribution is -2.17. The number of imidazole rings is 1. The Kier molecular flexibility index (Phi) is 5.55. The van der Waals surface area contributed by atoms with E-state index in [0.29, 0.717) is 5.69 Å². The zero-order chi connectivity index (χ0) is 22.0. The summed E-state index contributed by atoms with van der Waals surface area (Å²) in [5, 5.41) is 4.51. The van der Waals surface area contributed by atoms with Crippen molar-refractivity contribution in [1.82, 2.24) is 9.38 Å². The molecule has 0 saturated heterocycles. The van der Waals surface area contributed by atoms with E-state index in [1.165, 1.54) is 23.5 Å². The fraction of sp³-hybridized carbons (Fsp3) is 0.143. The van der Waals surface area contributed by atoms with Crippen molar-refractivity contribution in [3.8, 4) is 22.8 Å². The Morgan fingerprint density at radius 2 is 1.77 bits per heavy atom. The third kappa shape index (κ3) is 4.97. The zero-order valence-corrected chi connectivity index (χ0v) is 17.0.